The molecule has 1 N–H and O–H groups in total. The molecule has 0 unspecified atom stereocenters. The number of imidazole rings is 1. The lowest BCUT2D eigenvalue weighted by atomic mass is 10.3. The summed E-state index contributed by atoms with van der Waals surface area (Å²) in [6.07, 6.45) is 0. The molecule has 0 atom stereocenters. The van der Waals surface area contributed by atoms with Crippen LogP contribution in [0.25, 0.3) is 16.9 Å². The van der Waals surface area contributed by atoms with E-state index < -0.39 is 5.82 Å². The molecule has 96 valence electrons. The Balaban J connectivity index is 2.35. The van der Waals surface area contributed by atoms with Crippen LogP contribution in [0.15, 0.2) is 30.3 Å². The summed E-state index contributed by atoms with van der Waals surface area (Å²) >= 11 is 11.1. The first-order chi connectivity index (χ1) is 9.06. The van der Waals surface area contributed by atoms with Gasteiger partial charge in [0.1, 0.15) is 5.82 Å². The number of hydrogen-bond acceptors (Lipinski definition) is 2. The average molecular weight is 294 g/mol. The van der Waals surface area contributed by atoms with E-state index in [0.29, 0.717) is 16.1 Å². The van der Waals surface area contributed by atoms with Crippen LogP contribution >= 0.6 is 23.8 Å². The number of benzene rings is 1. The summed E-state index contributed by atoms with van der Waals surface area (Å²) < 4.78 is 15.5. The van der Waals surface area contributed by atoms with Gasteiger partial charge < -0.3 is 4.98 Å². The molecule has 0 amide bonds. The lowest BCUT2D eigenvalue weighted by Gasteiger charge is -2.05. The van der Waals surface area contributed by atoms with Crippen molar-refractivity contribution in [1.29, 1.82) is 0 Å². The molecular formula is C13H9ClFN3S. The van der Waals surface area contributed by atoms with Crippen molar-refractivity contribution in [3.63, 3.8) is 0 Å². The van der Waals surface area contributed by atoms with Gasteiger partial charge in [-0.15, -0.1) is 0 Å². The minimum Gasteiger partial charge on any atom is -0.329 e. The maximum absolute atomic E-state index is 13.2. The molecule has 0 fully saturated rings. The Bertz CT molecular complexity index is 838. The zero-order valence-electron chi connectivity index (χ0n) is 9.95. The number of hydrogen-bond donors (Lipinski definition) is 1. The Labute approximate surface area is 118 Å². The van der Waals surface area contributed by atoms with Crippen LogP contribution in [-0.2, 0) is 0 Å². The molecule has 0 aliphatic rings. The third-order valence-electron chi connectivity index (χ3n) is 2.83. The van der Waals surface area contributed by atoms with Gasteiger partial charge in [0.05, 0.1) is 16.2 Å². The molecule has 1 aromatic carbocycles. The van der Waals surface area contributed by atoms with Gasteiger partial charge >= 0.3 is 0 Å². The van der Waals surface area contributed by atoms with Gasteiger partial charge in [-0.05, 0) is 49.5 Å². The molecule has 0 aliphatic carbocycles. The molecule has 2 aromatic heterocycles. The summed E-state index contributed by atoms with van der Waals surface area (Å²) in [5.41, 5.74) is 3.09. The van der Waals surface area contributed by atoms with Gasteiger partial charge in [0.25, 0.3) is 0 Å². The van der Waals surface area contributed by atoms with Gasteiger partial charge in [-0.25, -0.2) is 9.37 Å². The fraction of sp³-hybridized carbons (Fsp3) is 0.0769. The summed E-state index contributed by atoms with van der Waals surface area (Å²) in [5, 5.41) is 0.0569. The quantitative estimate of drug-likeness (QED) is 0.683. The highest BCUT2D eigenvalue weighted by Crippen LogP contribution is 2.22. The number of halogens is 2. The number of H-pyrrole nitrogens is 1. The Hall–Kier alpha value is -1.72. The molecule has 0 spiro atoms. The Kier molecular flexibility index (Phi) is 2.88. The number of aryl methyl sites for hydroxylation is 1. The second-order valence-corrected chi connectivity index (χ2v) is 4.98. The molecule has 0 aliphatic heterocycles. The zero-order valence-corrected chi connectivity index (χ0v) is 11.5. The van der Waals surface area contributed by atoms with Gasteiger partial charge in [-0.1, -0.05) is 11.6 Å². The number of aromatic amines is 1. The summed E-state index contributed by atoms with van der Waals surface area (Å²) in [6, 6.07) is 8.27. The highest BCUT2D eigenvalue weighted by molar-refractivity contribution is 7.71. The molecule has 2 heterocycles. The van der Waals surface area contributed by atoms with Crippen molar-refractivity contribution in [1.82, 2.24) is 14.5 Å². The van der Waals surface area contributed by atoms with Gasteiger partial charge in [0, 0.05) is 5.69 Å². The van der Waals surface area contributed by atoms with E-state index >= 15 is 0 Å². The van der Waals surface area contributed by atoms with Crippen molar-refractivity contribution in [3.05, 3.63) is 51.6 Å². The molecule has 6 heteroatoms. The molecule has 3 rings (SSSR count). The number of fused-ring (bicyclic) bond motifs is 1. The third kappa shape index (κ3) is 2.05. The number of rotatable bonds is 1. The van der Waals surface area contributed by atoms with Crippen LogP contribution in [0.2, 0.25) is 5.02 Å². The van der Waals surface area contributed by atoms with Crippen LogP contribution in [0.1, 0.15) is 5.69 Å². The molecule has 0 saturated carbocycles. The van der Waals surface area contributed by atoms with Crippen molar-refractivity contribution in [2.24, 2.45) is 0 Å². The van der Waals surface area contributed by atoms with E-state index in [9.17, 15) is 4.39 Å². The summed E-state index contributed by atoms with van der Waals surface area (Å²) in [6.45, 7) is 1.90. The van der Waals surface area contributed by atoms with Crippen LogP contribution in [0.3, 0.4) is 0 Å². The van der Waals surface area contributed by atoms with Gasteiger partial charge in [0.15, 0.2) is 10.4 Å². The molecule has 0 radical (unpaired) electrons. The first-order valence-electron chi connectivity index (χ1n) is 5.60. The van der Waals surface area contributed by atoms with Crippen molar-refractivity contribution in [2.75, 3.05) is 0 Å². The molecular weight excluding hydrogens is 285 g/mol. The monoisotopic (exact) mass is 293 g/mol. The largest absolute Gasteiger partial charge is 0.329 e. The van der Waals surface area contributed by atoms with Crippen molar-refractivity contribution < 1.29 is 4.39 Å². The van der Waals surface area contributed by atoms with Crippen molar-refractivity contribution in [3.8, 4) is 5.69 Å². The Morgan fingerprint density at radius 2 is 2.11 bits per heavy atom. The van der Waals surface area contributed by atoms with Gasteiger partial charge in [0.2, 0.25) is 0 Å². The predicted molar refractivity (Wildman–Crippen MR) is 76.0 cm³/mol. The lowest BCUT2D eigenvalue weighted by molar-refractivity contribution is 0.628. The fourth-order valence-corrected chi connectivity index (χ4v) is 2.42. The Morgan fingerprint density at radius 3 is 2.84 bits per heavy atom. The van der Waals surface area contributed by atoms with E-state index in [4.69, 9.17) is 23.8 Å². The summed E-state index contributed by atoms with van der Waals surface area (Å²) in [5.74, 6) is -0.457. The van der Waals surface area contributed by atoms with Crippen LogP contribution < -0.4 is 0 Å². The second kappa shape index (κ2) is 4.43. The van der Waals surface area contributed by atoms with Crippen LogP contribution in [0, 0.1) is 17.5 Å². The molecule has 3 nitrogen and oxygen atoms in total. The number of nitrogens with zero attached hydrogens (tertiary/aromatic N) is 2. The van der Waals surface area contributed by atoms with Gasteiger partial charge in [-0.2, -0.15) is 0 Å². The minimum atomic E-state index is -0.457. The molecule has 3 aromatic rings. The summed E-state index contributed by atoms with van der Waals surface area (Å²) in [7, 11) is 0. The third-order valence-corrected chi connectivity index (χ3v) is 3.41. The summed E-state index contributed by atoms with van der Waals surface area (Å²) in [4.78, 5) is 7.52. The average Bonchev–Trinajstić information content (AvgIpc) is 2.68. The standard InChI is InChI=1S/C13H9ClFN3S/c1-7-2-5-11-12(16-7)18(13(19)17-11)8-3-4-10(15)9(14)6-8/h2-6H,1H3,(H,17,19). The SMILES string of the molecule is Cc1ccc2[nH]c(=S)n(-c3ccc(F)c(Cl)c3)c2n1. The van der Waals surface area contributed by atoms with E-state index in [2.05, 4.69) is 9.97 Å². The first-order valence-corrected chi connectivity index (χ1v) is 6.39. The van der Waals surface area contributed by atoms with Crippen molar-refractivity contribution >= 4 is 35.0 Å². The van der Waals surface area contributed by atoms with Crippen molar-refractivity contribution in [2.45, 2.75) is 6.92 Å². The second-order valence-electron chi connectivity index (χ2n) is 4.19. The zero-order chi connectivity index (χ0) is 13.6. The molecule has 0 bridgehead atoms. The minimum absolute atomic E-state index is 0.0569. The van der Waals surface area contributed by atoms with E-state index in [1.54, 1.807) is 10.6 Å². The fourth-order valence-electron chi connectivity index (χ4n) is 1.94. The highest BCUT2D eigenvalue weighted by atomic mass is 35.5. The normalized spacial score (nSPS) is 11.1. The van der Waals surface area contributed by atoms with E-state index in [0.717, 1.165) is 11.2 Å². The number of pyridine rings is 1. The molecule has 0 saturated heterocycles. The maximum atomic E-state index is 13.2. The first kappa shape index (κ1) is 12.3. The predicted octanol–water partition coefficient (Wildman–Crippen LogP) is 4.18. The van der Waals surface area contributed by atoms with Crippen LogP contribution in [-0.4, -0.2) is 14.5 Å². The van der Waals surface area contributed by atoms with E-state index in [-0.39, 0.29) is 5.02 Å². The van der Waals surface area contributed by atoms with Crippen LogP contribution in [0.5, 0.6) is 0 Å². The molecule has 19 heavy (non-hydrogen) atoms. The number of nitrogens with one attached hydrogen (secondary N) is 1. The lowest BCUT2D eigenvalue weighted by Crippen LogP contribution is -1.97. The van der Waals surface area contributed by atoms with Crippen LogP contribution in [0.4, 0.5) is 4.39 Å². The van der Waals surface area contributed by atoms with E-state index in [1.165, 1.54) is 12.1 Å². The van der Waals surface area contributed by atoms with Gasteiger partial charge in [-0.3, -0.25) is 4.57 Å². The van der Waals surface area contributed by atoms with E-state index in [1.807, 2.05) is 19.1 Å². The maximum Gasteiger partial charge on any atom is 0.183 e. The number of aromatic nitrogens is 3. The topological polar surface area (TPSA) is 33.6 Å². The Morgan fingerprint density at radius 1 is 1.32 bits per heavy atom. The highest BCUT2D eigenvalue weighted by Gasteiger charge is 2.10. The smallest absolute Gasteiger partial charge is 0.183 e.